The molecule has 1 heterocycles. The molecule has 2 aromatic carbocycles. The summed E-state index contributed by atoms with van der Waals surface area (Å²) in [6.45, 7) is 3.94. The molecule has 0 aliphatic carbocycles. The van der Waals surface area contributed by atoms with Gasteiger partial charge < -0.3 is 24.4 Å². The lowest BCUT2D eigenvalue weighted by molar-refractivity contribution is -0.118. The number of nitrogens with zero attached hydrogens (tertiary/aromatic N) is 2. The number of methoxy groups -OCH3 is 3. The van der Waals surface area contributed by atoms with Crippen LogP contribution < -0.4 is 24.4 Å². The minimum absolute atomic E-state index is 0.0528. The van der Waals surface area contributed by atoms with E-state index in [0.29, 0.717) is 22.8 Å². The number of ether oxygens (including phenoxy) is 3. The number of carbonyl (C=O) groups is 1. The summed E-state index contributed by atoms with van der Waals surface area (Å²) < 4.78 is 16.3. The molecular weight excluding hydrogens is 402 g/mol. The summed E-state index contributed by atoms with van der Waals surface area (Å²) in [5.74, 6) is 0.863. The molecule has 8 heteroatoms. The Bertz CT molecular complexity index is 1050. The third kappa shape index (κ3) is 3.64. The second-order valence-electron chi connectivity index (χ2n) is 6.81. The summed E-state index contributed by atoms with van der Waals surface area (Å²) in [6.07, 6.45) is -0.642. The Morgan fingerprint density at radius 1 is 1.07 bits per heavy atom. The van der Waals surface area contributed by atoms with E-state index in [-0.39, 0.29) is 10.6 Å². The van der Waals surface area contributed by atoms with Crippen molar-refractivity contribution < 1.29 is 19.0 Å². The zero-order valence-electron chi connectivity index (χ0n) is 17.4. The second-order valence-corrected chi connectivity index (χ2v) is 7.23. The highest BCUT2D eigenvalue weighted by atomic mass is 32.1. The van der Waals surface area contributed by atoms with E-state index in [1.54, 1.807) is 12.1 Å². The third-order valence-electron chi connectivity index (χ3n) is 4.94. The maximum Gasteiger partial charge on any atom is 0.266 e. The van der Waals surface area contributed by atoms with E-state index >= 15 is 0 Å². The van der Waals surface area contributed by atoms with Crippen molar-refractivity contribution in [1.82, 2.24) is 5.32 Å². The van der Waals surface area contributed by atoms with Crippen molar-refractivity contribution >= 4 is 24.2 Å². The Hall–Kier alpha value is -3.31. The Morgan fingerprint density at radius 3 is 2.23 bits per heavy atom. The van der Waals surface area contributed by atoms with E-state index in [1.165, 1.54) is 21.3 Å². The molecule has 0 spiro atoms. The van der Waals surface area contributed by atoms with Crippen molar-refractivity contribution in [1.29, 1.82) is 5.26 Å². The van der Waals surface area contributed by atoms with Crippen LogP contribution in [0.4, 0.5) is 5.69 Å². The molecule has 1 aliphatic heterocycles. The summed E-state index contributed by atoms with van der Waals surface area (Å²) >= 11 is 4.56. The maximum atomic E-state index is 12.6. The molecule has 0 saturated carbocycles. The molecule has 0 aromatic heterocycles. The van der Waals surface area contributed by atoms with Crippen molar-refractivity contribution in [2.24, 2.45) is 0 Å². The fraction of sp³-hybridized carbons (Fsp3) is 0.273. The fourth-order valence-electron chi connectivity index (χ4n) is 3.43. The lowest BCUT2D eigenvalue weighted by atomic mass is 10.0. The van der Waals surface area contributed by atoms with Gasteiger partial charge in [-0.3, -0.25) is 4.79 Å². The Kier molecular flexibility index (Phi) is 6.13. The molecule has 0 fully saturated rings. The summed E-state index contributed by atoms with van der Waals surface area (Å²) in [6, 6.07) is 11.5. The van der Waals surface area contributed by atoms with Gasteiger partial charge in [0.15, 0.2) is 11.5 Å². The number of amides is 1. The van der Waals surface area contributed by atoms with Crippen LogP contribution in [-0.4, -0.2) is 27.2 Å². The molecular formula is C22H23N3O4S. The van der Waals surface area contributed by atoms with Crippen molar-refractivity contribution in [2.75, 3.05) is 26.2 Å². The SMILES string of the molecule is COc1cc(C2NC(=O)C(C#N)=C(S)N2c2cc(C)ccc2C)cc(OC)c1OC. The van der Waals surface area contributed by atoms with Crippen molar-refractivity contribution in [3.63, 3.8) is 0 Å². The number of anilines is 1. The van der Waals surface area contributed by atoms with E-state index in [0.717, 1.165) is 16.8 Å². The predicted molar refractivity (Wildman–Crippen MR) is 117 cm³/mol. The van der Waals surface area contributed by atoms with Gasteiger partial charge in [-0.05, 0) is 43.2 Å². The molecule has 1 amide bonds. The van der Waals surface area contributed by atoms with Crippen LogP contribution in [0.1, 0.15) is 22.9 Å². The standard InChI is InChI=1S/C22H23N3O4S/c1-12-6-7-13(2)16(8-12)25-20(24-21(26)15(11-23)22(25)30)14-9-17(27-3)19(29-5)18(10-14)28-4/h6-10,20,30H,1-5H3,(H,24,26). The molecule has 1 unspecified atom stereocenters. The Labute approximate surface area is 181 Å². The third-order valence-corrected chi connectivity index (χ3v) is 5.38. The number of benzene rings is 2. The van der Waals surface area contributed by atoms with Gasteiger partial charge in [-0.2, -0.15) is 5.26 Å². The van der Waals surface area contributed by atoms with Crippen LogP contribution in [-0.2, 0) is 4.79 Å². The molecule has 7 nitrogen and oxygen atoms in total. The largest absolute Gasteiger partial charge is 0.493 e. The molecule has 1 aliphatic rings. The van der Waals surface area contributed by atoms with Gasteiger partial charge in [0.1, 0.15) is 17.8 Å². The first-order chi connectivity index (χ1) is 14.4. The first-order valence-electron chi connectivity index (χ1n) is 9.16. The van der Waals surface area contributed by atoms with E-state index < -0.39 is 12.1 Å². The highest BCUT2D eigenvalue weighted by molar-refractivity contribution is 7.84. The number of nitrogens with one attached hydrogen (secondary N) is 1. The van der Waals surface area contributed by atoms with Gasteiger partial charge in [-0.25, -0.2) is 0 Å². The molecule has 30 heavy (non-hydrogen) atoms. The van der Waals surface area contributed by atoms with Crippen LogP contribution in [0.25, 0.3) is 0 Å². The van der Waals surface area contributed by atoms with Crippen molar-refractivity contribution in [2.45, 2.75) is 20.0 Å². The number of rotatable bonds is 5. The first-order valence-corrected chi connectivity index (χ1v) is 9.61. The number of nitriles is 1. The number of thiol groups is 1. The summed E-state index contributed by atoms with van der Waals surface area (Å²) in [4.78, 5) is 14.5. The monoisotopic (exact) mass is 425 g/mol. The van der Waals surface area contributed by atoms with Gasteiger partial charge in [0.05, 0.1) is 26.4 Å². The van der Waals surface area contributed by atoms with Crippen LogP contribution in [0, 0.1) is 25.2 Å². The molecule has 0 bridgehead atoms. The van der Waals surface area contributed by atoms with Crippen LogP contribution in [0.5, 0.6) is 17.2 Å². The second kappa shape index (κ2) is 8.59. The molecule has 1 atom stereocenters. The number of hydrogen-bond donors (Lipinski definition) is 2. The van der Waals surface area contributed by atoms with Crippen LogP contribution in [0.2, 0.25) is 0 Å². The van der Waals surface area contributed by atoms with Gasteiger partial charge in [0.2, 0.25) is 5.75 Å². The minimum atomic E-state index is -0.642. The lowest BCUT2D eigenvalue weighted by Gasteiger charge is -2.39. The molecule has 1 N–H and O–H groups in total. The van der Waals surface area contributed by atoms with E-state index in [1.807, 2.05) is 43.0 Å². The average molecular weight is 426 g/mol. The Morgan fingerprint density at radius 2 is 1.70 bits per heavy atom. The lowest BCUT2D eigenvalue weighted by Crippen LogP contribution is -2.46. The summed E-state index contributed by atoms with van der Waals surface area (Å²) in [5.41, 5.74) is 3.46. The predicted octanol–water partition coefficient (Wildman–Crippen LogP) is 3.63. The summed E-state index contributed by atoms with van der Waals surface area (Å²) in [7, 11) is 4.58. The van der Waals surface area contributed by atoms with Crippen molar-refractivity contribution in [3.05, 3.63) is 57.6 Å². The smallest absolute Gasteiger partial charge is 0.266 e. The normalized spacial score (nSPS) is 16.1. The minimum Gasteiger partial charge on any atom is -0.493 e. The highest BCUT2D eigenvalue weighted by Crippen LogP contribution is 2.43. The van der Waals surface area contributed by atoms with Gasteiger partial charge in [-0.15, -0.1) is 12.6 Å². The number of aryl methyl sites for hydroxylation is 2. The van der Waals surface area contributed by atoms with E-state index in [9.17, 15) is 10.1 Å². The quantitative estimate of drug-likeness (QED) is 0.712. The van der Waals surface area contributed by atoms with Crippen LogP contribution >= 0.6 is 12.6 Å². The molecule has 156 valence electrons. The fourth-order valence-corrected chi connectivity index (χ4v) is 3.80. The molecule has 0 radical (unpaired) electrons. The summed E-state index contributed by atoms with van der Waals surface area (Å²) in [5, 5.41) is 12.7. The van der Waals surface area contributed by atoms with Crippen LogP contribution in [0.3, 0.4) is 0 Å². The average Bonchev–Trinajstić information content (AvgIpc) is 2.74. The Balaban J connectivity index is 2.27. The van der Waals surface area contributed by atoms with Gasteiger partial charge in [0.25, 0.3) is 5.91 Å². The topological polar surface area (TPSA) is 83.8 Å². The van der Waals surface area contributed by atoms with Gasteiger partial charge in [-0.1, -0.05) is 12.1 Å². The zero-order chi connectivity index (χ0) is 22.0. The van der Waals surface area contributed by atoms with Crippen LogP contribution in [0.15, 0.2) is 40.9 Å². The first kappa shape index (κ1) is 21.4. The van der Waals surface area contributed by atoms with Gasteiger partial charge >= 0.3 is 0 Å². The van der Waals surface area contributed by atoms with E-state index in [4.69, 9.17) is 14.2 Å². The molecule has 3 rings (SSSR count). The maximum absolute atomic E-state index is 12.6. The number of hydrogen-bond acceptors (Lipinski definition) is 7. The highest BCUT2D eigenvalue weighted by Gasteiger charge is 2.35. The molecule has 0 saturated heterocycles. The van der Waals surface area contributed by atoms with Gasteiger partial charge in [0, 0.05) is 11.3 Å². The number of carbonyl (C=O) groups excluding carboxylic acids is 1. The zero-order valence-corrected chi connectivity index (χ0v) is 18.3. The van der Waals surface area contributed by atoms with Crippen molar-refractivity contribution in [3.8, 4) is 23.3 Å². The molecule has 2 aromatic rings. The van der Waals surface area contributed by atoms with E-state index in [2.05, 4.69) is 17.9 Å².